The summed E-state index contributed by atoms with van der Waals surface area (Å²) in [6, 6.07) is 6.16. The van der Waals surface area contributed by atoms with Gasteiger partial charge >= 0.3 is 0 Å². The minimum Gasteiger partial charge on any atom is -0.0840 e. The summed E-state index contributed by atoms with van der Waals surface area (Å²) in [6.07, 6.45) is 0. The van der Waals surface area contributed by atoms with Crippen molar-refractivity contribution in [3.8, 4) is 0 Å². The molecule has 0 radical (unpaired) electrons. The van der Waals surface area contributed by atoms with Crippen LogP contribution in [0, 0.1) is 0 Å². The molecule has 1 aromatic rings. The smallest absolute Gasteiger partial charge is 0.0439 e. The standard InChI is InChI=1S/C9H13ClSi/c1-6(2)9-7(10)4-3-5-8(9)11/h3-6H,1-2,11H3. The molecule has 0 spiro atoms. The highest BCUT2D eigenvalue weighted by molar-refractivity contribution is 6.37. The van der Waals surface area contributed by atoms with Crippen LogP contribution in [0.4, 0.5) is 0 Å². The number of hydrogen-bond acceptors (Lipinski definition) is 0. The third kappa shape index (κ3) is 1.85. The molecule has 2 heteroatoms. The highest BCUT2D eigenvalue weighted by atomic mass is 35.5. The van der Waals surface area contributed by atoms with Crippen LogP contribution in [0.2, 0.25) is 5.02 Å². The molecule has 0 saturated carbocycles. The lowest BCUT2D eigenvalue weighted by atomic mass is 10.0. The van der Waals surface area contributed by atoms with E-state index in [1.54, 1.807) is 0 Å². The van der Waals surface area contributed by atoms with E-state index in [9.17, 15) is 0 Å². The van der Waals surface area contributed by atoms with E-state index < -0.39 is 0 Å². The van der Waals surface area contributed by atoms with Gasteiger partial charge in [0, 0.05) is 15.3 Å². The van der Waals surface area contributed by atoms with E-state index >= 15 is 0 Å². The first-order valence-electron chi connectivity index (χ1n) is 3.88. The fourth-order valence-electron chi connectivity index (χ4n) is 1.38. The Morgan fingerprint density at radius 3 is 2.36 bits per heavy atom. The van der Waals surface area contributed by atoms with Crippen LogP contribution < -0.4 is 5.19 Å². The zero-order valence-electron chi connectivity index (χ0n) is 7.19. The topological polar surface area (TPSA) is 0 Å². The highest BCUT2D eigenvalue weighted by Crippen LogP contribution is 2.20. The number of rotatable bonds is 1. The van der Waals surface area contributed by atoms with Crippen LogP contribution in [0.25, 0.3) is 0 Å². The second-order valence-electron chi connectivity index (χ2n) is 3.13. The molecule has 0 unspecified atom stereocenters. The number of benzene rings is 1. The van der Waals surface area contributed by atoms with Gasteiger partial charge in [0.05, 0.1) is 0 Å². The minimum atomic E-state index is 0.552. The van der Waals surface area contributed by atoms with E-state index in [1.165, 1.54) is 10.8 Å². The first-order chi connectivity index (χ1) is 5.13. The molecule has 0 fully saturated rings. The first-order valence-corrected chi connectivity index (χ1v) is 5.25. The average molecular weight is 185 g/mol. The monoisotopic (exact) mass is 184 g/mol. The molecule has 0 nitrogen and oxygen atoms in total. The lowest BCUT2D eigenvalue weighted by molar-refractivity contribution is 0.874. The molecule has 0 amide bonds. The minimum absolute atomic E-state index is 0.552. The Hall–Kier alpha value is -0.273. The average Bonchev–Trinajstić information content (AvgIpc) is 1.85. The van der Waals surface area contributed by atoms with Crippen molar-refractivity contribution in [3.63, 3.8) is 0 Å². The molecule has 1 rings (SSSR count). The summed E-state index contributed by atoms with van der Waals surface area (Å²) < 4.78 is 0. The Morgan fingerprint density at radius 2 is 2.00 bits per heavy atom. The normalized spacial score (nSPS) is 10.9. The summed E-state index contributed by atoms with van der Waals surface area (Å²) >= 11 is 6.05. The van der Waals surface area contributed by atoms with Crippen LogP contribution in [0.1, 0.15) is 25.3 Å². The van der Waals surface area contributed by atoms with E-state index in [0.717, 1.165) is 15.3 Å². The van der Waals surface area contributed by atoms with Gasteiger partial charge in [-0.3, -0.25) is 0 Å². The maximum Gasteiger partial charge on any atom is 0.0439 e. The molecule has 0 atom stereocenters. The summed E-state index contributed by atoms with van der Waals surface area (Å²) in [5.74, 6) is 0.552. The molecular weight excluding hydrogens is 172 g/mol. The predicted octanol–water partition coefficient (Wildman–Crippen LogP) is 1.45. The van der Waals surface area contributed by atoms with Crippen molar-refractivity contribution in [2.75, 3.05) is 0 Å². The maximum absolute atomic E-state index is 6.05. The molecule has 0 aliphatic heterocycles. The SMILES string of the molecule is CC(C)c1c([SiH3])cccc1Cl. The van der Waals surface area contributed by atoms with E-state index in [1.807, 2.05) is 12.1 Å². The van der Waals surface area contributed by atoms with Crippen molar-refractivity contribution in [2.24, 2.45) is 0 Å². The molecule has 0 N–H and O–H groups in total. The Balaban J connectivity index is 3.21. The fraction of sp³-hybridized carbons (Fsp3) is 0.333. The largest absolute Gasteiger partial charge is 0.0840 e. The van der Waals surface area contributed by atoms with Gasteiger partial charge < -0.3 is 0 Å². The molecule has 0 heterocycles. The van der Waals surface area contributed by atoms with Gasteiger partial charge in [0.1, 0.15) is 0 Å². The van der Waals surface area contributed by atoms with Gasteiger partial charge in [0.2, 0.25) is 0 Å². The van der Waals surface area contributed by atoms with Crippen LogP contribution in [0.15, 0.2) is 18.2 Å². The van der Waals surface area contributed by atoms with Crippen LogP contribution in [-0.2, 0) is 0 Å². The van der Waals surface area contributed by atoms with Gasteiger partial charge in [0.25, 0.3) is 0 Å². The summed E-state index contributed by atoms with van der Waals surface area (Å²) in [6.45, 7) is 4.37. The van der Waals surface area contributed by atoms with E-state index in [0.29, 0.717) is 5.92 Å². The molecule has 1 aromatic carbocycles. The molecule has 0 bridgehead atoms. The van der Waals surface area contributed by atoms with E-state index in [4.69, 9.17) is 11.6 Å². The van der Waals surface area contributed by atoms with Crippen molar-refractivity contribution in [2.45, 2.75) is 19.8 Å². The number of hydrogen-bond donors (Lipinski definition) is 0. The Kier molecular flexibility index (Phi) is 2.74. The van der Waals surface area contributed by atoms with Crippen molar-refractivity contribution < 1.29 is 0 Å². The summed E-state index contributed by atoms with van der Waals surface area (Å²) in [7, 11) is 1.09. The summed E-state index contributed by atoms with van der Waals surface area (Å²) in [5, 5.41) is 2.35. The van der Waals surface area contributed by atoms with Gasteiger partial charge in [-0.1, -0.05) is 42.8 Å². The fourth-order valence-corrected chi connectivity index (χ4v) is 3.01. The Bertz CT molecular complexity index is 235. The molecular formula is C9H13ClSi. The van der Waals surface area contributed by atoms with Gasteiger partial charge in [-0.05, 0) is 17.5 Å². The van der Waals surface area contributed by atoms with Crippen molar-refractivity contribution in [1.29, 1.82) is 0 Å². The summed E-state index contributed by atoms with van der Waals surface area (Å²) in [4.78, 5) is 0. The van der Waals surface area contributed by atoms with Crippen LogP contribution >= 0.6 is 11.6 Å². The third-order valence-corrected chi connectivity index (χ3v) is 3.05. The van der Waals surface area contributed by atoms with Gasteiger partial charge in [-0.2, -0.15) is 0 Å². The highest BCUT2D eigenvalue weighted by Gasteiger charge is 2.06. The van der Waals surface area contributed by atoms with Crippen molar-refractivity contribution in [1.82, 2.24) is 0 Å². The van der Waals surface area contributed by atoms with Gasteiger partial charge in [0.15, 0.2) is 0 Å². The lowest BCUT2D eigenvalue weighted by Gasteiger charge is -2.10. The molecule has 0 aliphatic carbocycles. The molecule has 0 saturated heterocycles. The second kappa shape index (κ2) is 3.42. The lowest BCUT2D eigenvalue weighted by Crippen LogP contribution is -2.11. The Labute approximate surface area is 76.0 Å². The molecule has 11 heavy (non-hydrogen) atoms. The molecule has 60 valence electrons. The Morgan fingerprint density at radius 1 is 1.36 bits per heavy atom. The third-order valence-electron chi connectivity index (χ3n) is 1.85. The number of halogens is 1. The zero-order valence-corrected chi connectivity index (χ0v) is 9.94. The summed E-state index contributed by atoms with van der Waals surface area (Å²) in [5.41, 5.74) is 1.33. The van der Waals surface area contributed by atoms with Crippen LogP contribution in [0.3, 0.4) is 0 Å². The second-order valence-corrected chi connectivity index (χ2v) is 4.61. The van der Waals surface area contributed by atoms with Crippen molar-refractivity contribution in [3.05, 3.63) is 28.8 Å². The quantitative estimate of drug-likeness (QED) is 0.580. The molecule has 0 aromatic heterocycles. The van der Waals surface area contributed by atoms with Gasteiger partial charge in [-0.15, -0.1) is 0 Å². The zero-order chi connectivity index (χ0) is 8.43. The van der Waals surface area contributed by atoms with E-state index in [-0.39, 0.29) is 0 Å². The van der Waals surface area contributed by atoms with E-state index in [2.05, 4.69) is 19.9 Å². The molecule has 0 aliphatic rings. The maximum atomic E-state index is 6.05. The van der Waals surface area contributed by atoms with Crippen LogP contribution in [0.5, 0.6) is 0 Å². The first kappa shape index (κ1) is 8.82. The van der Waals surface area contributed by atoms with Crippen LogP contribution in [-0.4, -0.2) is 10.2 Å². The predicted molar refractivity (Wildman–Crippen MR) is 55.1 cm³/mol. The van der Waals surface area contributed by atoms with Gasteiger partial charge in [-0.25, -0.2) is 0 Å². The van der Waals surface area contributed by atoms with Crippen molar-refractivity contribution >= 4 is 27.0 Å².